The number of carbonyl (C=O) groups excluding carboxylic acids is 1. The molecule has 0 atom stereocenters. The number of morpholine rings is 1. The molecular formula is C24H26N5O3+. The van der Waals surface area contributed by atoms with E-state index in [0.717, 1.165) is 61.2 Å². The first kappa shape index (κ1) is 20.6. The fourth-order valence-corrected chi connectivity index (χ4v) is 3.98. The van der Waals surface area contributed by atoms with E-state index >= 15 is 0 Å². The molecule has 1 aromatic heterocycles. The number of para-hydroxylation sites is 1. The van der Waals surface area contributed by atoms with E-state index in [4.69, 9.17) is 14.5 Å². The van der Waals surface area contributed by atoms with Gasteiger partial charge < -0.3 is 14.4 Å². The van der Waals surface area contributed by atoms with Crippen LogP contribution in [-0.2, 0) is 9.53 Å². The highest BCUT2D eigenvalue weighted by atomic mass is 16.5. The Hall–Kier alpha value is -3.33. The molecule has 0 aliphatic carbocycles. The average Bonchev–Trinajstić information content (AvgIpc) is 2.84. The van der Waals surface area contributed by atoms with Crippen molar-refractivity contribution in [3.8, 4) is 17.0 Å². The topological polar surface area (TPSA) is 84.4 Å². The lowest BCUT2D eigenvalue weighted by Gasteiger charge is -2.33. The summed E-state index contributed by atoms with van der Waals surface area (Å²) in [4.78, 5) is 25.9. The zero-order valence-corrected chi connectivity index (χ0v) is 17.8. The number of fused-ring (bicyclic) bond motifs is 1. The maximum absolute atomic E-state index is 12.7. The summed E-state index contributed by atoms with van der Waals surface area (Å²) in [5.41, 5.74) is 3.56. The summed E-state index contributed by atoms with van der Waals surface area (Å²) >= 11 is 0. The molecule has 32 heavy (non-hydrogen) atoms. The third-order valence-corrected chi connectivity index (χ3v) is 5.71. The standard InChI is InChI=1S/C24H25N5O3/c30-23-17-32-22-7-6-18(16-21(22)29(23)11-10-28-12-14-31-15-13-28)20-8-9-25-24(27-20)26-19-4-2-1-3-5-19/h1-9,16H,10-15,17H2,(H,25,26,27)/p+1. The van der Waals surface area contributed by atoms with E-state index in [9.17, 15) is 4.79 Å². The molecule has 0 unspecified atom stereocenters. The third-order valence-electron chi connectivity index (χ3n) is 5.71. The summed E-state index contributed by atoms with van der Waals surface area (Å²) in [6.07, 6.45) is 1.76. The Morgan fingerprint density at radius 2 is 1.84 bits per heavy atom. The number of amides is 1. The Kier molecular flexibility index (Phi) is 6.06. The van der Waals surface area contributed by atoms with Gasteiger partial charge in [0.25, 0.3) is 5.91 Å². The number of rotatable bonds is 6. The van der Waals surface area contributed by atoms with E-state index in [-0.39, 0.29) is 12.5 Å². The lowest BCUT2D eigenvalue weighted by atomic mass is 10.1. The van der Waals surface area contributed by atoms with Crippen LogP contribution < -0.4 is 15.0 Å². The highest BCUT2D eigenvalue weighted by molar-refractivity contribution is 5.98. The molecule has 3 heterocycles. The minimum absolute atomic E-state index is 0.0244. The van der Waals surface area contributed by atoms with Crippen LogP contribution in [0.2, 0.25) is 0 Å². The summed E-state index contributed by atoms with van der Waals surface area (Å²) < 4.78 is 11.1. The summed E-state index contributed by atoms with van der Waals surface area (Å²) in [6, 6.07) is 17.8. The summed E-state index contributed by atoms with van der Waals surface area (Å²) in [6.45, 7) is 4.78. The number of nitrogens with two attached hydrogens (primary N) is 1. The van der Waals surface area contributed by atoms with E-state index in [2.05, 4.69) is 9.88 Å². The normalized spacial score (nSPS) is 16.5. The van der Waals surface area contributed by atoms with Gasteiger partial charge in [0.2, 0.25) is 0 Å². The van der Waals surface area contributed by atoms with Crippen LogP contribution in [0.25, 0.3) is 11.3 Å². The molecule has 1 saturated heterocycles. The zero-order valence-electron chi connectivity index (χ0n) is 17.8. The monoisotopic (exact) mass is 432 g/mol. The highest BCUT2D eigenvalue weighted by Crippen LogP contribution is 2.35. The molecule has 2 aliphatic heterocycles. The van der Waals surface area contributed by atoms with Gasteiger partial charge in [-0.25, -0.2) is 5.32 Å². The van der Waals surface area contributed by atoms with Crippen LogP contribution in [0.4, 0.5) is 17.3 Å². The van der Waals surface area contributed by atoms with Crippen LogP contribution in [0, 0.1) is 0 Å². The molecule has 8 nitrogen and oxygen atoms in total. The van der Waals surface area contributed by atoms with Gasteiger partial charge in [0.15, 0.2) is 6.61 Å². The summed E-state index contributed by atoms with van der Waals surface area (Å²) in [5.74, 6) is 1.34. The molecule has 0 bridgehead atoms. The van der Waals surface area contributed by atoms with Gasteiger partial charge in [-0.3, -0.25) is 9.69 Å². The van der Waals surface area contributed by atoms with E-state index in [1.807, 2.05) is 64.8 Å². The maximum atomic E-state index is 12.7. The number of hydrogen-bond donors (Lipinski definition) is 1. The molecule has 1 fully saturated rings. The number of quaternary nitrogens is 1. The molecule has 2 aromatic carbocycles. The van der Waals surface area contributed by atoms with Gasteiger partial charge in [-0.1, -0.05) is 18.2 Å². The number of aromatic nitrogens is 2. The van der Waals surface area contributed by atoms with Crippen molar-refractivity contribution in [1.29, 1.82) is 0 Å². The quantitative estimate of drug-likeness (QED) is 0.598. The number of carbonyl (C=O) groups is 1. The maximum Gasteiger partial charge on any atom is 0.331 e. The van der Waals surface area contributed by atoms with Crippen LogP contribution in [0.3, 0.4) is 0 Å². The first-order valence-corrected chi connectivity index (χ1v) is 10.9. The minimum Gasteiger partial charge on any atom is -0.482 e. The number of ether oxygens (including phenoxy) is 2. The van der Waals surface area contributed by atoms with E-state index < -0.39 is 0 Å². The largest absolute Gasteiger partial charge is 0.482 e. The van der Waals surface area contributed by atoms with Gasteiger partial charge in [0.05, 0.1) is 24.6 Å². The molecule has 2 aliphatic rings. The van der Waals surface area contributed by atoms with Crippen molar-refractivity contribution >= 4 is 23.2 Å². The fraction of sp³-hybridized carbons (Fsp3) is 0.292. The van der Waals surface area contributed by atoms with Gasteiger partial charge in [-0.2, -0.15) is 9.97 Å². The third kappa shape index (κ3) is 4.62. The Morgan fingerprint density at radius 1 is 1.00 bits per heavy atom. The second kappa shape index (κ2) is 9.44. The Labute approximate surface area is 186 Å². The van der Waals surface area contributed by atoms with Crippen LogP contribution >= 0.6 is 0 Å². The van der Waals surface area contributed by atoms with Crippen molar-refractivity contribution in [2.45, 2.75) is 0 Å². The second-order valence-electron chi connectivity index (χ2n) is 7.83. The van der Waals surface area contributed by atoms with Crippen molar-refractivity contribution in [3.63, 3.8) is 0 Å². The first-order chi connectivity index (χ1) is 15.8. The van der Waals surface area contributed by atoms with Gasteiger partial charge in [0.1, 0.15) is 11.4 Å². The number of nitrogens with zero attached hydrogens (tertiary/aromatic N) is 4. The van der Waals surface area contributed by atoms with Crippen molar-refractivity contribution < 1.29 is 19.6 Å². The number of benzene rings is 2. The van der Waals surface area contributed by atoms with Crippen molar-refractivity contribution in [2.75, 3.05) is 50.9 Å². The average molecular weight is 433 g/mol. The zero-order chi connectivity index (χ0) is 21.8. The van der Waals surface area contributed by atoms with Gasteiger partial charge in [-0.05, 0) is 36.4 Å². The summed E-state index contributed by atoms with van der Waals surface area (Å²) in [5, 5.41) is 1.95. The lowest BCUT2D eigenvalue weighted by molar-refractivity contribution is -0.487. The lowest BCUT2D eigenvalue weighted by Crippen LogP contribution is -2.72. The van der Waals surface area contributed by atoms with Crippen molar-refractivity contribution in [2.24, 2.45) is 0 Å². The predicted octanol–water partition coefficient (Wildman–Crippen LogP) is 1.73. The Bertz CT molecular complexity index is 1090. The predicted molar refractivity (Wildman–Crippen MR) is 120 cm³/mol. The SMILES string of the molecule is O=C1COc2ccc(-c3ccnc([NH2+]c4ccccc4)n3)cc2N1CCN1CCOCC1. The van der Waals surface area contributed by atoms with Crippen LogP contribution in [0.5, 0.6) is 5.75 Å². The molecular weight excluding hydrogens is 406 g/mol. The molecule has 0 saturated carbocycles. The molecule has 5 rings (SSSR count). The molecule has 1 amide bonds. The molecule has 8 heteroatoms. The van der Waals surface area contributed by atoms with E-state index in [0.29, 0.717) is 12.5 Å². The molecule has 164 valence electrons. The van der Waals surface area contributed by atoms with Gasteiger partial charge >= 0.3 is 5.95 Å². The molecule has 0 radical (unpaired) electrons. The van der Waals surface area contributed by atoms with Crippen LogP contribution in [0.1, 0.15) is 0 Å². The van der Waals surface area contributed by atoms with Crippen LogP contribution in [0.15, 0.2) is 60.8 Å². The van der Waals surface area contributed by atoms with Gasteiger partial charge in [-0.15, -0.1) is 0 Å². The van der Waals surface area contributed by atoms with Crippen molar-refractivity contribution in [3.05, 3.63) is 60.8 Å². The number of hydrogen-bond acceptors (Lipinski definition) is 6. The Balaban J connectivity index is 1.38. The first-order valence-electron chi connectivity index (χ1n) is 10.9. The van der Waals surface area contributed by atoms with E-state index in [1.165, 1.54) is 0 Å². The molecule has 2 N–H and O–H groups in total. The Morgan fingerprint density at radius 3 is 2.69 bits per heavy atom. The fourth-order valence-electron chi connectivity index (χ4n) is 3.98. The molecule has 0 spiro atoms. The van der Waals surface area contributed by atoms with Crippen LogP contribution in [-0.4, -0.2) is 66.8 Å². The molecule has 3 aromatic rings. The highest BCUT2D eigenvalue weighted by Gasteiger charge is 2.27. The van der Waals surface area contributed by atoms with E-state index in [1.54, 1.807) is 6.20 Å². The summed E-state index contributed by atoms with van der Waals surface area (Å²) in [7, 11) is 0. The minimum atomic E-state index is -0.0244. The van der Waals surface area contributed by atoms with Gasteiger partial charge in [0, 0.05) is 37.9 Å². The smallest absolute Gasteiger partial charge is 0.331 e. The number of anilines is 1. The second-order valence-corrected chi connectivity index (χ2v) is 7.83. The van der Waals surface area contributed by atoms with Crippen molar-refractivity contribution in [1.82, 2.24) is 14.9 Å².